The molecule has 0 aromatic heterocycles. The smallest absolute Gasteiger partial charge is 0.338 e. The Bertz CT molecular complexity index is 451. The summed E-state index contributed by atoms with van der Waals surface area (Å²) in [5.41, 5.74) is 1.82. The van der Waals surface area contributed by atoms with Gasteiger partial charge in [0.25, 0.3) is 0 Å². The Morgan fingerprint density at radius 3 is 2.32 bits per heavy atom. The summed E-state index contributed by atoms with van der Waals surface area (Å²) in [6.45, 7) is 2.12. The van der Waals surface area contributed by atoms with Gasteiger partial charge in [-0.1, -0.05) is 19.8 Å². The lowest BCUT2D eigenvalue weighted by Gasteiger charge is -2.09. The molecule has 1 rings (SSSR count). The number of hydrogen-bond acceptors (Lipinski definition) is 4. The second-order valence-corrected chi connectivity index (χ2v) is 4.31. The topological polar surface area (TPSA) is 52.6 Å². The van der Waals surface area contributed by atoms with Crippen molar-refractivity contribution in [2.24, 2.45) is 0 Å². The molecule has 0 fully saturated rings. The van der Waals surface area contributed by atoms with Crippen molar-refractivity contribution in [1.29, 1.82) is 0 Å². The molecule has 0 heterocycles. The summed E-state index contributed by atoms with van der Waals surface area (Å²) in [5.74, 6) is -0.768. The lowest BCUT2D eigenvalue weighted by molar-refractivity contribution is 0.0585. The molecule has 0 bridgehead atoms. The first-order valence-corrected chi connectivity index (χ1v) is 6.43. The average molecular weight is 264 g/mol. The number of carbonyl (C=O) groups is 2. The number of esters is 2. The van der Waals surface area contributed by atoms with E-state index >= 15 is 0 Å². The van der Waals surface area contributed by atoms with Crippen LogP contribution in [0.5, 0.6) is 0 Å². The Morgan fingerprint density at radius 2 is 1.74 bits per heavy atom. The van der Waals surface area contributed by atoms with E-state index < -0.39 is 5.97 Å². The van der Waals surface area contributed by atoms with Crippen molar-refractivity contribution >= 4 is 11.9 Å². The van der Waals surface area contributed by atoms with Gasteiger partial charge in [0, 0.05) is 0 Å². The van der Waals surface area contributed by atoms with Crippen LogP contribution in [0.15, 0.2) is 18.2 Å². The van der Waals surface area contributed by atoms with Gasteiger partial charge in [-0.25, -0.2) is 9.59 Å². The summed E-state index contributed by atoms with van der Waals surface area (Å²) >= 11 is 0. The second kappa shape index (κ2) is 7.56. The van der Waals surface area contributed by atoms with Crippen LogP contribution >= 0.6 is 0 Å². The van der Waals surface area contributed by atoms with Gasteiger partial charge in [0.1, 0.15) is 0 Å². The highest BCUT2D eigenvalue weighted by atomic mass is 16.5. The molecule has 0 saturated carbocycles. The molecule has 19 heavy (non-hydrogen) atoms. The van der Waals surface area contributed by atoms with Gasteiger partial charge in [0.15, 0.2) is 0 Å². The van der Waals surface area contributed by atoms with Crippen LogP contribution in [-0.4, -0.2) is 26.2 Å². The van der Waals surface area contributed by atoms with Gasteiger partial charge in [0.05, 0.1) is 25.3 Å². The Hall–Kier alpha value is -1.84. The first-order chi connectivity index (χ1) is 9.13. The molecule has 0 spiro atoms. The van der Waals surface area contributed by atoms with Crippen molar-refractivity contribution in [2.75, 3.05) is 14.2 Å². The van der Waals surface area contributed by atoms with E-state index in [9.17, 15) is 9.59 Å². The maximum Gasteiger partial charge on any atom is 0.338 e. The van der Waals surface area contributed by atoms with Gasteiger partial charge in [0.2, 0.25) is 0 Å². The van der Waals surface area contributed by atoms with Crippen molar-refractivity contribution < 1.29 is 19.1 Å². The first-order valence-electron chi connectivity index (χ1n) is 6.43. The van der Waals surface area contributed by atoms with Gasteiger partial charge >= 0.3 is 11.9 Å². The summed E-state index contributed by atoms with van der Waals surface area (Å²) in [6.07, 6.45) is 3.92. The molecule has 0 atom stereocenters. The van der Waals surface area contributed by atoms with Crippen LogP contribution in [0.3, 0.4) is 0 Å². The molecule has 0 aliphatic heterocycles. The average Bonchev–Trinajstić information content (AvgIpc) is 2.45. The molecule has 0 saturated heterocycles. The Kier molecular flexibility index (Phi) is 6.06. The summed E-state index contributed by atoms with van der Waals surface area (Å²) < 4.78 is 9.44. The SMILES string of the molecule is CCCCCc1cc(C(=O)OC)ccc1C(=O)OC. The zero-order chi connectivity index (χ0) is 14.3. The highest BCUT2D eigenvalue weighted by Gasteiger charge is 2.15. The van der Waals surface area contributed by atoms with Crippen LogP contribution in [0.1, 0.15) is 52.5 Å². The Morgan fingerprint density at radius 1 is 1.05 bits per heavy atom. The second-order valence-electron chi connectivity index (χ2n) is 4.31. The molecule has 0 unspecified atom stereocenters. The van der Waals surface area contributed by atoms with Gasteiger partial charge in [-0.3, -0.25) is 0 Å². The molecular weight excluding hydrogens is 244 g/mol. The third-order valence-corrected chi connectivity index (χ3v) is 2.98. The monoisotopic (exact) mass is 264 g/mol. The van der Waals surface area contributed by atoms with Crippen molar-refractivity contribution in [3.05, 3.63) is 34.9 Å². The zero-order valence-corrected chi connectivity index (χ0v) is 11.7. The Labute approximate surface area is 113 Å². The van der Waals surface area contributed by atoms with E-state index in [1.165, 1.54) is 14.2 Å². The predicted molar refractivity (Wildman–Crippen MR) is 72.4 cm³/mol. The van der Waals surface area contributed by atoms with Gasteiger partial charge < -0.3 is 9.47 Å². The minimum Gasteiger partial charge on any atom is -0.465 e. The van der Waals surface area contributed by atoms with E-state index in [1.54, 1.807) is 18.2 Å². The predicted octanol–water partition coefficient (Wildman–Crippen LogP) is 2.99. The minimum absolute atomic E-state index is 0.372. The van der Waals surface area contributed by atoms with Crippen LogP contribution in [0.4, 0.5) is 0 Å². The summed E-state index contributed by atoms with van der Waals surface area (Å²) in [5, 5.41) is 0. The van der Waals surface area contributed by atoms with Crippen molar-refractivity contribution in [1.82, 2.24) is 0 Å². The summed E-state index contributed by atoms with van der Waals surface area (Å²) in [6, 6.07) is 4.93. The molecule has 0 radical (unpaired) electrons. The van der Waals surface area contributed by atoms with E-state index in [0.29, 0.717) is 11.1 Å². The number of rotatable bonds is 6. The number of methoxy groups -OCH3 is 2. The van der Waals surface area contributed by atoms with E-state index in [2.05, 4.69) is 11.7 Å². The molecular formula is C15H20O4. The largest absolute Gasteiger partial charge is 0.465 e. The van der Waals surface area contributed by atoms with E-state index in [0.717, 1.165) is 31.2 Å². The first kappa shape index (κ1) is 15.2. The maximum absolute atomic E-state index is 11.7. The molecule has 0 N–H and O–H groups in total. The molecule has 1 aromatic carbocycles. The van der Waals surface area contributed by atoms with Gasteiger partial charge in [-0.15, -0.1) is 0 Å². The number of unbranched alkanes of at least 4 members (excludes halogenated alkanes) is 2. The highest BCUT2D eigenvalue weighted by Crippen LogP contribution is 2.17. The van der Waals surface area contributed by atoms with E-state index in [-0.39, 0.29) is 5.97 Å². The van der Waals surface area contributed by atoms with Crippen molar-refractivity contribution in [3.8, 4) is 0 Å². The van der Waals surface area contributed by atoms with Gasteiger partial charge in [-0.2, -0.15) is 0 Å². The van der Waals surface area contributed by atoms with Crippen molar-refractivity contribution in [2.45, 2.75) is 32.6 Å². The maximum atomic E-state index is 11.7. The number of aryl methyl sites for hydroxylation is 1. The molecule has 104 valence electrons. The number of carbonyl (C=O) groups excluding carboxylic acids is 2. The van der Waals surface area contributed by atoms with E-state index in [4.69, 9.17) is 4.74 Å². The Balaban J connectivity index is 3.03. The number of hydrogen-bond donors (Lipinski definition) is 0. The van der Waals surface area contributed by atoms with Crippen LogP contribution in [0.2, 0.25) is 0 Å². The molecule has 0 aliphatic carbocycles. The molecule has 0 aliphatic rings. The minimum atomic E-state index is -0.395. The number of benzene rings is 1. The molecule has 4 heteroatoms. The van der Waals surface area contributed by atoms with Crippen LogP contribution in [0.25, 0.3) is 0 Å². The highest BCUT2D eigenvalue weighted by molar-refractivity contribution is 5.94. The molecule has 0 amide bonds. The quantitative estimate of drug-likeness (QED) is 0.585. The third kappa shape index (κ3) is 4.09. The normalized spacial score (nSPS) is 10.1. The molecule has 1 aromatic rings. The fourth-order valence-corrected chi connectivity index (χ4v) is 1.92. The molecule has 4 nitrogen and oxygen atoms in total. The van der Waals surface area contributed by atoms with Crippen LogP contribution in [-0.2, 0) is 15.9 Å². The fourth-order valence-electron chi connectivity index (χ4n) is 1.92. The van der Waals surface area contributed by atoms with Crippen molar-refractivity contribution in [3.63, 3.8) is 0 Å². The van der Waals surface area contributed by atoms with Crippen LogP contribution in [0, 0.1) is 0 Å². The van der Waals surface area contributed by atoms with Crippen LogP contribution < -0.4 is 0 Å². The number of ether oxygens (including phenoxy) is 2. The third-order valence-electron chi connectivity index (χ3n) is 2.98. The summed E-state index contributed by atoms with van der Waals surface area (Å²) in [7, 11) is 2.69. The zero-order valence-electron chi connectivity index (χ0n) is 11.7. The summed E-state index contributed by atoms with van der Waals surface area (Å²) in [4.78, 5) is 23.2. The lowest BCUT2D eigenvalue weighted by atomic mass is 9.98. The van der Waals surface area contributed by atoms with E-state index in [1.807, 2.05) is 0 Å². The standard InChI is InChI=1S/C15H20O4/c1-4-5-6-7-11-10-12(14(16)18-2)8-9-13(11)15(17)19-3/h8-10H,4-7H2,1-3H3. The lowest BCUT2D eigenvalue weighted by Crippen LogP contribution is -2.09. The van der Waals surface area contributed by atoms with Gasteiger partial charge in [-0.05, 0) is 36.6 Å². The fraction of sp³-hybridized carbons (Fsp3) is 0.467.